The SMILES string of the molecule is COC(=O)CC(NC(=O)C1CC1C)c1ccncc1. The summed E-state index contributed by atoms with van der Waals surface area (Å²) >= 11 is 0. The lowest BCUT2D eigenvalue weighted by atomic mass is 10.0. The molecule has 1 amide bonds. The van der Waals surface area contributed by atoms with Crippen LogP contribution >= 0.6 is 0 Å². The van der Waals surface area contributed by atoms with Gasteiger partial charge in [0.15, 0.2) is 0 Å². The summed E-state index contributed by atoms with van der Waals surface area (Å²) in [5.41, 5.74) is 0.863. The number of amides is 1. The van der Waals surface area contributed by atoms with E-state index in [-0.39, 0.29) is 30.3 Å². The van der Waals surface area contributed by atoms with E-state index in [4.69, 9.17) is 0 Å². The van der Waals surface area contributed by atoms with E-state index in [2.05, 4.69) is 15.0 Å². The molecule has 5 heteroatoms. The van der Waals surface area contributed by atoms with Crippen molar-refractivity contribution < 1.29 is 14.3 Å². The molecule has 0 aromatic carbocycles. The molecule has 1 saturated carbocycles. The summed E-state index contributed by atoms with van der Waals surface area (Å²) in [6.45, 7) is 2.05. The van der Waals surface area contributed by atoms with Crippen molar-refractivity contribution in [3.8, 4) is 0 Å². The largest absolute Gasteiger partial charge is 0.469 e. The lowest BCUT2D eigenvalue weighted by Gasteiger charge is -2.18. The number of esters is 1. The highest BCUT2D eigenvalue weighted by atomic mass is 16.5. The van der Waals surface area contributed by atoms with E-state index in [0.717, 1.165) is 12.0 Å². The van der Waals surface area contributed by atoms with Crippen molar-refractivity contribution >= 4 is 11.9 Å². The summed E-state index contributed by atoms with van der Waals surface area (Å²) in [5, 5.41) is 2.92. The zero-order chi connectivity index (χ0) is 13.8. The quantitative estimate of drug-likeness (QED) is 0.816. The first-order valence-corrected chi connectivity index (χ1v) is 6.39. The second kappa shape index (κ2) is 5.82. The van der Waals surface area contributed by atoms with Gasteiger partial charge in [0, 0.05) is 18.3 Å². The van der Waals surface area contributed by atoms with Gasteiger partial charge < -0.3 is 10.1 Å². The van der Waals surface area contributed by atoms with Gasteiger partial charge in [-0.1, -0.05) is 6.92 Å². The minimum absolute atomic E-state index is 0.0122. The van der Waals surface area contributed by atoms with Gasteiger partial charge in [-0.05, 0) is 30.0 Å². The van der Waals surface area contributed by atoms with Crippen LogP contribution in [-0.2, 0) is 14.3 Å². The maximum Gasteiger partial charge on any atom is 0.307 e. The fourth-order valence-corrected chi connectivity index (χ4v) is 2.06. The third-order valence-corrected chi connectivity index (χ3v) is 3.47. The fraction of sp³-hybridized carbons (Fsp3) is 0.500. The fourth-order valence-electron chi connectivity index (χ4n) is 2.06. The number of carbonyl (C=O) groups is 2. The zero-order valence-electron chi connectivity index (χ0n) is 11.1. The number of ether oxygens (including phenoxy) is 1. The molecule has 0 aliphatic heterocycles. The van der Waals surface area contributed by atoms with Crippen molar-refractivity contribution in [3.05, 3.63) is 30.1 Å². The molecule has 1 aromatic rings. The van der Waals surface area contributed by atoms with Gasteiger partial charge in [0.05, 0.1) is 19.6 Å². The molecule has 102 valence electrons. The number of nitrogens with one attached hydrogen (secondary N) is 1. The number of hydrogen-bond donors (Lipinski definition) is 1. The minimum atomic E-state index is -0.351. The maximum absolute atomic E-state index is 12.0. The Hall–Kier alpha value is -1.91. The molecule has 0 radical (unpaired) electrons. The highest BCUT2D eigenvalue weighted by Gasteiger charge is 2.40. The molecule has 3 unspecified atom stereocenters. The number of aromatic nitrogens is 1. The van der Waals surface area contributed by atoms with Crippen LogP contribution in [0.15, 0.2) is 24.5 Å². The topological polar surface area (TPSA) is 68.3 Å². The van der Waals surface area contributed by atoms with Gasteiger partial charge in [0.25, 0.3) is 0 Å². The van der Waals surface area contributed by atoms with E-state index in [9.17, 15) is 9.59 Å². The lowest BCUT2D eigenvalue weighted by molar-refractivity contribution is -0.141. The van der Waals surface area contributed by atoms with Crippen LogP contribution in [-0.4, -0.2) is 24.0 Å². The average Bonchev–Trinajstić information content (AvgIpc) is 3.16. The van der Waals surface area contributed by atoms with E-state index < -0.39 is 0 Å². The highest BCUT2D eigenvalue weighted by Crippen LogP contribution is 2.38. The smallest absolute Gasteiger partial charge is 0.307 e. The second-order valence-electron chi connectivity index (χ2n) is 4.94. The van der Waals surface area contributed by atoms with Gasteiger partial charge in [-0.2, -0.15) is 0 Å². The van der Waals surface area contributed by atoms with E-state index in [0.29, 0.717) is 5.92 Å². The molecule has 1 N–H and O–H groups in total. The average molecular weight is 262 g/mol. The predicted octanol–water partition coefficient (Wildman–Crippen LogP) is 1.46. The molecule has 0 saturated heterocycles. The van der Waals surface area contributed by atoms with E-state index in [1.54, 1.807) is 24.5 Å². The number of carbonyl (C=O) groups excluding carboxylic acids is 2. The monoisotopic (exact) mass is 262 g/mol. The molecular formula is C14H18N2O3. The number of hydrogen-bond acceptors (Lipinski definition) is 4. The van der Waals surface area contributed by atoms with Crippen LogP contribution in [0.3, 0.4) is 0 Å². The Bertz CT molecular complexity index is 461. The summed E-state index contributed by atoms with van der Waals surface area (Å²) in [7, 11) is 1.34. The predicted molar refractivity (Wildman–Crippen MR) is 69.0 cm³/mol. The molecule has 19 heavy (non-hydrogen) atoms. The molecule has 3 atom stereocenters. The Balaban J connectivity index is 2.06. The third kappa shape index (κ3) is 3.53. The summed E-state index contributed by atoms with van der Waals surface area (Å²) in [6, 6.07) is 3.24. The standard InChI is InChI=1S/C14H18N2O3/c1-9-7-11(9)14(18)16-12(8-13(17)19-2)10-3-5-15-6-4-10/h3-6,9,11-12H,7-8H2,1-2H3,(H,16,18). The summed E-state index contributed by atoms with van der Waals surface area (Å²) in [4.78, 5) is 27.4. The zero-order valence-corrected chi connectivity index (χ0v) is 11.1. The van der Waals surface area contributed by atoms with E-state index >= 15 is 0 Å². The van der Waals surface area contributed by atoms with Crippen molar-refractivity contribution in [2.45, 2.75) is 25.8 Å². The Kier molecular flexibility index (Phi) is 4.14. The molecule has 2 rings (SSSR count). The van der Waals surface area contributed by atoms with E-state index in [1.807, 2.05) is 6.92 Å². The first-order valence-electron chi connectivity index (χ1n) is 6.39. The molecule has 1 aromatic heterocycles. The summed E-state index contributed by atoms with van der Waals surface area (Å²) in [5.74, 6) is 0.197. The Morgan fingerprint density at radius 2 is 2.11 bits per heavy atom. The maximum atomic E-state index is 12.0. The first kappa shape index (κ1) is 13.5. The van der Waals surface area contributed by atoms with Crippen molar-refractivity contribution in [1.29, 1.82) is 0 Å². The highest BCUT2D eigenvalue weighted by molar-refractivity contribution is 5.82. The minimum Gasteiger partial charge on any atom is -0.469 e. The van der Waals surface area contributed by atoms with Gasteiger partial charge in [-0.15, -0.1) is 0 Å². The second-order valence-corrected chi connectivity index (χ2v) is 4.94. The van der Waals surface area contributed by atoms with Crippen LogP contribution in [0, 0.1) is 11.8 Å². The van der Waals surface area contributed by atoms with Crippen molar-refractivity contribution in [2.75, 3.05) is 7.11 Å². The van der Waals surface area contributed by atoms with Crippen LogP contribution in [0.1, 0.15) is 31.4 Å². The Labute approximate surface area is 112 Å². The Morgan fingerprint density at radius 1 is 1.47 bits per heavy atom. The normalized spacial score (nSPS) is 22.4. The number of rotatable bonds is 5. The molecule has 0 spiro atoms. The molecular weight excluding hydrogens is 244 g/mol. The number of pyridine rings is 1. The molecule has 5 nitrogen and oxygen atoms in total. The van der Waals surface area contributed by atoms with Crippen molar-refractivity contribution in [1.82, 2.24) is 10.3 Å². The van der Waals surface area contributed by atoms with Gasteiger partial charge >= 0.3 is 5.97 Å². The number of methoxy groups -OCH3 is 1. The molecule has 1 fully saturated rings. The molecule has 1 aliphatic carbocycles. The molecule has 0 bridgehead atoms. The van der Waals surface area contributed by atoms with Crippen molar-refractivity contribution in [2.24, 2.45) is 11.8 Å². The molecule has 1 heterocycles. The van der Waals surface area contributed by atoms with Gasteiger partial charge in [-0.3, -0.25) is 14.6 Å². The van der Waals surface area contributed by atoms with Crippen LogP contribution in [0.2, 0.25) is 0 Å². The van der Waals surface area contributed by atoms with Gasteiger partial charge in [0.1, 0.15) is 0 Å². The summed E-state index contributed by atoms with van der Waals surface area (Å²) < 4.78 is 4.68. The van der Waals surface area contributed by atoms with Crippen LogP contribution in [0.4, 0.5) is 0 Å². The summed E-state index contributed by atoms with van der Waals surface area (Å²) in [6.07, 6.45) is 4.34. The van der Waals surface area contributed by atoms with Gasteiger partial charge in [0.2, 0.25) is 5.91 Å². The molecule has 1 aliphatic rings. The van der Waals surface area contributed by atoms with Crippen LogP contribution in [0.25, 0.3) is 0 Å². The first-order chi connectivity index (χ1) is 9.11. The lowest BCUT2D eigenvalue weighted by Crippen LogP contribution is -2.32. The number of nitrogens with zero attached hydrogens (tertiary/aromatic N) is 1. The van der Waals surface area contributed by atoms with Crippen LogP contribution < -0.4 is 5.32 Å². The van der Waals surface area contributed by atoms with Crippen LogP contribution in [0.5, 0.6) is 0 Å². The Morgan fingerprint density at radius 3 is 2.63 bits per heavy atom. The third-order valence-electron chi connectivity index (χ3n) is 3.47. The van der Waals surface area contributed by atoms with Crippen molar-refractivity contribution in [3.63, 3.8) is 0 Å². The van der Waals surface area contributed by atoms with E-state index in [1.165, 1.54) is 7.11 Å². The van der Waals surface area contributed by atoms with Gasteiger partial charge in [-0.25, -0.2) is 0 Å².